The predicted octanol–water partition coefficient (Wildman–Crippen LogP) is 11.6. The summed E-state index contributed by atoms with van der Waals surface area (Å²) in [5.74, 6) is 0. The molecule has 8 aromatic carbocycles. The minimum Gasteiger partial charge on any atom is -0.343 e. The molecule has 0 N–H and O–H groups in total. The van der Waals surface area contributed by atoms with Gasteiger partial charge in [0.15, 0.2) is 0 Å². The van der Waals surface area contributed by atoms with Crippen LogP contribution in [0.3, 0.4) is 0 Å². The number of hydrogen-bond acceptors (Lipinski definition) is 0. The van der Waals surface area contributed by atoms with Crippen LogP contribution in [0.5, 0.6) is 0 Å². The largest absolute Gasteiger partial charge is 0.343 e. The fourth-order valence-electron chi connectivity index (χ4n) is 9.34. The first kappa shape index (κ1) is 25.3. The van der Waals surface area contributed by atoms with E-state index in [0.29, 0.717) is 0 Å². The van der Waals surface area contributed by atoms with Crippen LogP contribution in [0.1, 0.15) is 22.3 Å². The Morgan fingerprint density at radius 1 is 0.383 bits per heavy atom. The second kappa shape index (κ2) is 8.87. The van der Waals surface area contributed by atoms with E-state index in [1.807, 2.05) is 0 Å². The van der Waals surface area contributed by atoms with Crippen molar-refractivity contribution in [2.45, 2.75) is 5.41 Å². The highest BCUT2D eigenvalue weighted by molar-refractivity contribution is 6.31. The molecule has 0 fully saturated rings. The first-order valence-electron chi connectivity index (χ1n) is 16.5. The summed E-state index contributed by atoms with van der Waals surface area (Å²) in [5.41, 5.74) is 15.6. The molecule has 2 aliphatic carbocycles. The van der Waals surface area contributed by atoms with Crippen molar-refractivity contribution in [1.29, 1.82) is 0 Å². The van der Waals surface area contributed by atoms with Crippen molar-refractivity contribution < 1.29 is 0 Å². The molecule has 47 heavy (non-hydrogen) atoms. The SMILES string of the molecule is Cn1c2cc(-c3ccc4c(c3)C3(c5ccccc5-c5ccccc53)c3ccccc3-4)ccc2c2c3ccccc3c3ccccc3c21. The molecule has 0 bridgehead atoms. The molecule has 0 radical (unpaired) electrons. The average Bonchev–Trinajstić information content (AvgIpc) is 3.73. The molecule has 1 spiro atoms. The lowest BCUT2D eigenvalue weighted by molar-refractivity contribution is 0.794. The van der Waals surface area contributed by atoms with Crippen molar-refractivity contribution in [3.05, 3.63) is 180 Å². The monoisotopic (exact) mass is 595 g/mol. The van der Waals surface area contributed by atoms with Gasteiger partial charge in [-0.2, -0.15) is 0 Å². The second-order valence-electron chi connectivity index (χ2n) is 13.3. The molecule has 0 atom stereocenters. The topological polar surface area (TPSA) is 4.93 Å². The van der Waals surface area contributed by atoms with E-state index < -0.39 is 0 Å². The molecule has 1 aromatic heterocycles. The van der Waals surface area contributed by atoms with Crippen LogP contribution in [0.25, 0.3) is 76.7 Å². The smallest absolute Gasteiger partial charge is 0.0725 e. The molecule has 2 aliphatic rings. The second-order valence-corrected chi connectivity index (χ2v) is 13.3. The Morgan fingerprint density at radius 3 is 1.49 bits per heavy atom. The van der Waals surface area contributed by atoms with Crippen molar-refractivity contribution in [1.82, 2.24) is 4.57 Å². The molecular formula is C46H29N. The maximum Gasteiger partial charge on any atom is 0.0725 e. The normalized spacial score (nSPS) is 13.8. The Morgan fingerprint density at radius 2 is 0.851 bits per heavy atom. The average molecular weight is 596 g/mol. The zero-order valence-electron chi connectivity index (χ0n) is 26.0. The molecule has 0 amide bonds. The van der Waals surface area contributed by atoms with Gasteiger partial charge in [-0.15, -0.1) is 0 Å². The lowest BCUT2D eigenvalue weighted by Gasteiger charge is -2.30. The molecule has 0 saturated carbocycles. The first-order chi connectivity index (χ1) is 23.2. The molecule has 9 aromatic rings. The summed E-state index contributed by atoms with van der Waals surface area (Å²) in [6.07, 6.45) is 0. The van der Waals surface area contributed by atoms with Crippen LogP contribution in [0.4, 0.5) is 0 Å². The van der Waals surface area contributed by atoms with Crippen LogP contribution >= 0.6 is 0 Å². The van der Waals surface area contributed by atoms with Crippen molar-refractivity contribution in [3.8, 4) is 33.4 Å². The summed E-state index contributed by atoms with van der Waals surface area (Å²) in [6.45, 7) is 0. The molecule has 0 saturated heterocycles. The third-order valence-electron chi connectivity index (χ3n) is 11.2. The highest BCUT2D eigenvalue weighted by atomic mass is 14.9. The van der Waals surface area contributed by atoms with Gasteiger partial charge in [0.05, 0.1) is 10.9 Å². The van der Waals surface area contributed by atoms with Crippen LogP contribution in [0.15, 0.2) is 158 Å². The third-order valence-corrected chi connectivity index (χ3v) is 11.2. The van der Waals surface area contributed by atoms with Crippen molar-refractivity contribution >= 4 is 43.4 Å². The maximum atomic E-state index is 2.49. The van der Waals surface area contributed by atoms with Gasteiger partial charge >= 0.3 is 0 Å². The fourth-order valence-corrected chi connectivity index (χ4v) is 9.34. The number of nitrogens with zero attached hydrogens (tertiary/aromatic N) is 1. The van der Waals surface area contributed by atoms with Crippen molar-refractivity contribution in [2.75, 3.05) is 0 Å². The standard InChI is InChI=1S/C46H29N/c1-47-43-27-29(23-25-38(43)44-36-17-4-2-12-30(36)31-13-3-5-18-37(31)45(44)47)28-22-24-35-34-16-8-11-21-41(34)46(42(35)26-28)39-19-9-6-14-32(39)33-15-7-10-20-40(33)46/h2-27H,1H3. The van der Waals surface area contributed by atoms with E-state index in [0.717, 1.165) is 0 Å². The first-order valence-corrected chi connectivity index (χ1v) is 16.5. The molecule has 11 rings (SSSR count). The lowest BCUT2D eigenvalue weighted by Crippen LogP contribution is -2.25. The highest BCUT2D eigenvalue weighted by Gasteiger charge is 2.51. The molecule has 1 heteroatoms. The highest BCUT2D eigenvalue weighted by Crippen LogP contribution is 2.63. The zero-order valence-corrected chi connectivity index (χ0v) is 26.0. The number of benzene rings is 8. The van der Waals surface area contributed by atoms with Gasteiger partial charge in [-0.05, 0) is 83.9 Å². The van der Waals surface area contributed by atoms with Gasteiger partial charge in [0.2, 0.25) is 0 Å². The quantitative estimate of drug-likeness (QED) is 0.166. The molecule has 0 aliphatic heterocycles. The van der Waals surface area contributed by atoms with E-state index in [1.54, 1.807) is 0 Å². The Hall–Kier alpha value is -5.92. The molecule has 1 heterocycles. The Kier molecular flexibility index (Phi) is 4.77. The van der Waals surface area contributed by atoms with E-state index in [1.165, 1.54) is 99.0 Å². The molecule has 0 unspecified atom stereocenters. The van der Waals surface area contributed by atoms with Gasteiger partial charge in [0, 0.05) is 28.7 Å². The zero-order chi connectivity index (χ0) is 30.9. The van der Waals surface area contributed by atoms with Crippen molar-refractivity contribution in [2.24, 2.45) is 7.05 Å². The van der Waals surface area contributed by atoms with Crippen LogP contribution in [-0.2, 0) is 12.5 Å². The molecule has 218 valence electrons. The summed E-state index contributed by atoms with van der Waals surface area (Å²) in [4.78, 5) is 0. The van der Waals surface area contributed by atoms with Gasteiger partial charge in [-0.1, -0.05) is 146 Å². The predicted molar refractivity (Wildman–Crippen MR) is 197 cm³/mol. The van der Waals surface area contributed by atoms with E-state index in [2.05, 4.69) is 169 Å². The molecule has 1 nitrogen and oxygen atoms in total. The number of rotatable bonds is 1. The fraction of sp³-hybridized carbons (Fsp3) is 0.0435. The van der Waals surface area contributed by atoms with E-state index in [-0.39, 0.29) is 5.41 Å². The van der Waals surface area contributed by atoms with Crippen LogP contribution < -0.4 is 0 Å². The van der Waals surface area contributed by atoms with Gasteiger partial charge in [-0.3, -0.25) is 0 Å². The van der Waals surface area contributed by atoms with Gasteiger partial charge in [0.1, 0.15) is 0 Å². The van der Waals surface area contributed by atoms with E-state index >= 15 is 0 Å². The summed E-state index contributed by atoms with van der Waals surface area (Å²) in [6, 6.07) is 59.1. The Balaban J connectivity index is 1.19. The summed E-state index contributed by atoms with van der Waals surface area (Å²) in [5, 5.41) is 7.88. The minimum atomic E-state index is -0.337. The molecular weight excluding hydrogens is 567 g/mol. The minimum absolute atomic E-state index is 0.337. The van der Waals surface area contributed by atoms with Crippen molar-refractivity contribution in [3.63, 3.8) is 0 Å². The Labute approximate surface area is 273 Å². The number of fused-ring (bicyclic) bond motifs is 18. The van der Waals surface area contributed by atoms with Crippen LogP contribution in [0, 0.1) is 0 Å². The summed E-state index contributed by atoms with van der Waals surface area (Å²) >= 11 is 0. The number of aromatic nitrogens is 1. The van der Waals surface area contributed by atoms with Gasteiger partial charge in [0.25, 0.3) is 0 Å². The number of hydrogen-bond donors (Lipinski definition) is 0. The van der Waals surface area contributed by atoms with Gasteiger partial charge < -0.3 is 4.57 Å². The Bertz CT molecular complexity index is 2750. The van der Waals surface area contributed by atoms with Gasteiger partial charge in [-0.25, -0.2) is 0 Å². The lowest BCUT2D eigenvalue weighted by atomic mass is 9.70. The maximum absolute atomic E-state index is 2.49. The summed E-state index contributed by atoms with van der Waals surface area (Å²) in [7, 11) is 2.23. The van der Waals surface area contributed by atoms with Crippen LogP contribution in [-0.4, -0.2) is 4.57 Å². The van der Waals surface area contributed by atoms with E-state index in [9.17, 15) is 0 Å². The number of aryl methyl sites for hydroxylation is 1. The van der Waals surface area contributed by atoms with E-state index in [4.69, 9.17) is 0 Å². The third kappa shape index (κ3) is 3.00. The van der Waals surface area contributed by atoms with Crippen LogP contribution in [0.2, 0.25) is 0 Å². The summed E-state index contributed by atoms with van der Waals surface area (Å²) < 4.78 is 2.41.